The second-order valence-corrected chi connectivity index (χ2v) is 10.2. The summed E-state index contributed by atoms with van der Waals surface area (Å²) < 4.78 is 5.17. The van der Waals surface area contributed by atoms with E-state index < -0.39 is 17.0 Å². The number of aliphatic hydroxyl groups is 1. The number of ether oxygens (including phenoxy) is 1. The first kappa shape index (κ1) is 21.3. The van der Waals surface area contributed by atoms with Crippen molar-refractivity contribution in [3.63, 3.8) is 0 Å². The Labute approximate surface area is 177 Å². The third-order valence-corrected chi connectivity index (χ3v) is 8.97. The van der Waals surface area contributed by atoms with E-state index in [2.05, 4.69) is 19.9 Å². The minimum absolute atomic E-state index is 0.0506. The summed E-state index contributed by atoms with van der Waals surface area (Å²) in [6.45, 7) is 4.25. The smallest absolute Gasteiger partial charge is 0.309 e. The van der Waals surface area contributed by atoms with E-state index in [9.17, 15) is 19.5 Å². The number of hydrogen-bond acceptors (Lipinski definition) is 5. The minimum Gasteiger partial charge on any atom is -0.481 e. The molecule has 0 aliphatic heterocycles. The molecular weight excluding hydrogens is 384 g/mol. The average Bonchev–Trinajstić information content (AvgIpc) is 2.97. The van der Waals surface area contributed by atoms with Crippen LogP contribution in [0.25, 0.3) is 0 Å². The number of aliphatic carboxylic acids is 1. The summed E-state index contributed by atoms with van der Waals surface area (Å²) >= 11 is 0. The van der Waals surface area contributed by atoms with Gasteiger partial charge >= 0.3 is 11.9 Å². The van der Waals surface area contributed by atoms with Gasteiger partial charge in [0, 0.05) is 23.7 Å². The van der Waals surface area contributed by atoms with Crippen LogP contribution in [-0.2, 0) is 19.1 Å². The van der Waals surface area contributed by atoms with Gasteiger partial charge in [0.05, 0.1) is 18.6 Å². The Balaban J connectivity index is 1.79. The van der Waals surface area contributed by atoms with Gasteiger partial charge in [0.15, 0.2) is 5.78 Å². The van der Waals surface area contributed by atoms with Crippen molar-refractivity contribution in [2.45, 2.75) is 70.8 Å². The first-order chi connectivity index (χ1) is 14.1. The van der Waals surface area contributed by atoms with E-state index >= 15 is 0 Å². The molecule has 0 spiro atoms. The SMILES string of the molecule is COC(=O)[C@@H]1CC2=CC(=O)CC[C@]2(C)C2=CC[C@@]3(C)[C@@H](CC[C@@]3(O)CCC(=O)O)[C@@H]21. The van der Waals surface area contributed by atoms with Crippen LogP contribution >= 0.6 is 0 Å². The Kier molecular flexibility index (Phi) is 5.00. The molecule has 6 nitrogen and oxygen atoms in total. The lowest BCUT2D eigenvalue weighted by Crippen LogP contribution is -2.54. The highest BCUT2D eigenvalue weighted by molar-refractivity contribution is 5.92. The summed E-state index contributed by atoms with van der Waals surface area (Å²) in [5.41, 5.74) is 0.474. The van der Waals surface area contributed by atoms with Gasteiger partial charge < -0.3 is 14.9 Å². The van der Waals surface area contributed by atoms with Crippen LogP contribution in [0.1, 0.15) is 65.2 Å². The van der Waals surface area contributed by atoms with Gasteiger partial charge in [-0.1, -0.05) is 31.1 Å². The molecule has 0 aromatic carbocycles. The zero-order chi connectivity index (χ0) is 21.9. The maximum Gasteiger partial charge on any atom is 0.309 e. The lowest BCUT2D eigenvalue weighted by atomic mass is 9.48. The number of esters is 1. The first-order valence-electron chi connectivity index (χ1n) is 11.0. The van der Waals surface area contributed by atoms with Crippen LogP contribution in [0.15, 0.2) is 23.3 Å². The number of allylic oxidation sites excluding steroid dienone is 4. The van der Waals surface area contributed by atoms with Crippen LogP contribution in [0.2, 0.25) is 0 Å². The molecule has 4 aliphatic rings. The van der Waals surface area contributed by atoms with Crippen molar-refractivity contribution in [3.8, 4) is 0 Å². The number of carbonyl (C=O) groups excluding carboxylic acids is 2. The molecule has 2 N–H and O–H groups in total. The highest BCUT2D eigenvalue weighted by Gasteiger charge is 2.64. The van der Waals surface area contributed by atoms with Crippen molar-refractivity contribution in [1.29, 1.82) is 0 Å². The van der Waals surface area contributed by atoms with Crippen molar-refractivity contribution in [2.75, 3.05) is 7.11 Å². The Morgan fingerprint density at radius 2 is 2.00 bits per heavy atom. The van der Waals surface area contributed by atoms with Gasteiger partial charge in [-0.3, -0.25) is 14.4 Å². The molecule has 2 fully saturated rings. The quantitative estimate of drug-likeness (QED) is 0.538. The molecule has 0 unspecified atom stereocenters. The molecule has 164 valence electrons. The Morgan fingerprint density at radius 3 is 2.67 bits per heavy atom. The van der Waals surface area contributed by atoms with Crippen LogP contribution in [0.5, 0.6) is 0 Å². The molecule has 0 heterocycles. The van der Waals surface area contributed by atoms with E-state index in [-0.39, 0.29) is 47.8 Å². The maximum absolute atomic E-state index is 12.8. The van der Waals surface area contributed by atoms with Crippen LogP contribution in [-0.4, -0.2) is 40.6 Å². The third-order valence-electron chi connectivity index (χ3n) is 8.97. The molecule has 6 heteroatoms. The number of methoxy groups -OCH3 is 1. The van der Waals surface area contributed by atoms with E-state index in [0.29, 0.717) is 25.7 Å². The molecule has 0 saturated heterocycles. The lowest BCUT2D eigenvalue weighted by Gasteiger charge is -2.56. The molecule has 4 rings (SSSR count). The number of carbonyl (C=O) groups is 3. The first-order valence-corrected chi connectivity index (χ1v) is 11.0. The van der Waals surface area contributed by atoms with Crippen molar-refractivity contribution >= 4 is 17.7 Å². The number of hydrogen-bond donors (Lipinski definition) is 2. The van der Waals surface area contributed by atoms with Gasteiger partial charge in [0.25, 0.3) is 0 Å². The topological polar surface area (TPSA) is 101 Å². The van der Waals surface area contributed by atoms with Crippen LogP contribution in [0.3, 0.4) is 0 Å². The van der Waals surface area contributed by atoms with Gasteiger partial charge in [0.2, 0.25) is 0 Å². The summed E-state index contributed by atoms with van der Waals surface area (Å²) in [6, 6.07) is 0. The highest BCUT2D eigenvalue weighted by atomic mass is 16.5. The lowest BCUT2D eigenvalue weighted by molar-refractivity contribution is -0.152. The Bertz CT molecular complexity index is 856. The number of rotatable bonds is 4. The normalized spacial score (nSPS) is 42.4. The fourth-order valence-corrected chi connectivity index (χ4v) is 7.07. The Hall–Kier alpha value is -1.95. The molecule has 4 aliphatic carbocycles. The molecule has 6 atom stereocenters. The van der Waals surface area contributed by atoms with Crippen molar-refractivity contribution in [1.82, 2.24) is 0 Å². The number of carboxylic acids is 1. The summed E-state index contributed by atoms with van der Waals surface area (Å²) in [5, 5.41) is 20.7. The van der Waals surface area contributed by atoms with Crippen LogP contribution in [0, 0.1) is 28.6 Å². The van der Waals surface area contributed by atoms with Gasteiger partial charge in [-0.25, -0.2) is 0 Å². The fourth-order valence-electron chi connectivity index (χ4n) is 7.07. The standard InChI is InChI=1S/C24H32O6/c1-22-8-4-15(25)12-14(22)13-16(21(28)30-3)20-17(22)5-9-23(2)18(20)6-10-24(23,29)11-7-19(26)27/h5,12,16,18,20,29H,4,6-11,13H2,1-3H3,(H,26,27)/t16-,18+,20-,22+,23+,24-/m1/s1. The molecule has 0 amide bonds. The monoisotopic (exact) mass is 416 g/mol. The largest absolute Gasteiger partial charge is 0.481 e. The van der Waals surface area contributed by atoms with Gasteiger partial charge in [-0.2, -0.15) is 0 Å². The molecule has 0 radical (unpaired) electrons. The van der Waals surface area contributed by atoms with E-state index in [1.807, 2.05) is 0 Å². The number of carboxylic acid groups (broad SMARTS) is 1. The molecule has 2 saturated carbocycles. The van der Waals surface area contributed by atoms with Gasteiger partial charge in [-0.15, -0.1) is 0 Å². The van der Waals surface area contributed by atoms with Gasteiger partial charge in [-0.05, 0) is 56.4 Å². The number of fused-ring (bicyclic) bond motifs is 5. The number of ketones is 1. The summed E-state index contributed by atoms with van der Waals surface area (Å²) in [5.74, 6) is -1.40. The van der Waals surface area contributed by atoms with Crippen LogP contribution in [0.4, 0.5) is 0 Å². The Morgan fingerprint density at radius 1 is 1.27 bits per heavy atom. The predicted octanol–water partition coefficient (Wildman–Crippen LogP) is 3.43. The second-order valence-electron chi connectivity index (χ2n) is 10.2. The second kappa shape index (κ2) is 7.04. The predicted molar refractivity (Wildman–Crippen MR) is 109 cm³/mol. The van der Waals surface area contributed by atoms with E-state index in [4.69, 9.17) is 9.84 Å². The van der Waals surface area contributed by atoms with Gasteiger partial charge in [0.1, 0.15) is 0 Å². The van der Waals surface area contributed by atoms with E-state index in [0.717, 1.165) is 18.4 Å². The molecule has 0 aromatic rings. The molecule has 30 heavy (non-hydrogen) atoms. The summed E-state index contributed by atoms with van der Waals surface area (Å²) in [6.07, 6.45) is 7.83. The molecule has 0 aromatic heterocycles. The third kappa shape index (κ3) is 2.90. The van der Waals surface area contributed by atoms with Crippen molar-refractivity contribution < 1.29 is 29.3 Å². The van der Waals surface area contributed by atoms with Crippen LogP contribution < -0.4 is 0 Å². The van der Waals surface area contributed by atoms with E-state index in [1.54, 1.807) is 6.08 Å². The summed E-state index contributed by atoms with van der Waals surface area (Å²) in [4.78, 5) is 36.1. The zero-order valence-corrected chi connectivity index (χ0v) is 18.1. The molecule has 0 bridgehead atoms. The average molecular weight is 417 g/mol. The fraction of sp³-hybridized carbons (Fsp3) is 0.708. The minimum atomic E-state index is -1.06. The maximum atomic E-state index is 12.8. The zero-order valence-electron chi connectivity index (χ0n) is 18.1. The molecular formula is C24H32O6. The van der Waals surface area contributed by atoms with Crippen molar-refractivity contribution in [3.05, 3.63) is 23.3 Å². The van der Waals surface area contributed by atoms with Crippen molar-refractivity contribution in [2.24, 2.45) is 28.6 Å². The highest BCUT2D eigenvalue weighted by Crippen LogP contribution is 2.67. The summed E-state index contributed by atoms with van der Waals surface area (Å²) in [7, 11) is 1.40. The van der Waals surface area contributed by atoms with E-state index in [1.165, 1.54) is 12.7 Å².